The second-order valence-corrected chi connectivity index (χ2v) is 5.99. The number of unbranched alkanes of at least 4 members (excludes halogenated alkanes) is 1. The van der Waals surface area contributed by atoms with Gasteiger partial charge in [-0.05, 0) is 18.6 Å². The number of carboxylic acids is 1. The van der Waals surface area contributed by atoms with Crippen molar-refractivity contribution in [2.24, 2.45) is 0 Å². The molecule has 0 spiro atoms. The summed E-state index contributed by atoms with van der Waals surface area (Å²) in [5.41, 5.74) is 0.702. The minimum atomic E-state index is -1.03. The Kier molecular flexibility index (Phi) is 8.82. The summed E-state index contributed by atoms with van der Waals surface area (Å²) in [6.07, 6.45) is 2.02. The van der Waals surface area contributed by atoms with E-state index in [1.807, 2.05) is 25.1 Å². The van der Waals surface area contributed by atoms with Gasteiger partial charge in [0.1, 0.15) is 6.04 Å². The number of carboxylic acid groups (broad SMARTS) is 1. The molecule has 6 nitrogen and oxygen atoms in total. The van der Waals surface area contributed by atoms with E-state index in [4.69, 9.17) is 5.11 Å². The fourth-order valence-corrected chi connectivity index (χ4v) is 2.48. The van der Waals surface area contributed by atoms with Crippen molar-refractivity contribution >= 4 is 35.2 Å². The van der Waals surface area contributed by atoms with E-state index < -0.39 is 12.0 Å². The minimum absolute atomic E-state index is 0.0537. The molecule has 126 valence electrons. The van der Waals surface area contributed by atoms with Crippen molar-refractivity contribution in [1.82, 2.24) is 5.32 Å². The first-order valence-electron chi connectivity index (χ1n) is 7.47. The Morgan fingerprint density at radius 2 is 1.78 bits per heavy atom. The minimum Gasteiger partial charge on any atom is -0.480 e. The predicted octanol–water partition coefficient (Wildman–Crippen LogP) is 2.12. The molecule has 0 aromatic heterocycles. The van der Waals surface area contributed by atoms with E-state index in [1.54, 1.807) is 12.1 Å². The topological polar surface area (TPSA) is 95.5 Å². The maximum absolute atomic E-state index is 11.7. The number of anilines is 1. The van der Waals surface area contributed by atoms with Crippen molar-refractivity contribution in [2.45, 2.75) is 32.2 Å². The number of para-hydroxylation sites is 1. The Morgan fingerprint density at radius 3 is 2.39 bits per heavy atom. The standard InChI is InChI=1S/C16H22N2O4S/c1-2-3-9-13(16(21)22)18-15(20)11-23-10-14(19)17-12-7-5-4-6-8-12/h4-8,13H,2-3,9-11H2,1H3,(H,17,19)(H,18,20)(H,21,22). The molecule has 0 radical (unpaired) electrons. The third kappa shape index (κ3) is 8.25. The highest BCUT2D eigenvalue weighted by atomic mass is 32.2. The quantitative estimate of drug-likeness (QED) is 0.607. The van der Waals surface area contributed by atoms with Crippen LogP contribution >= 0.6 is 11.8 Å². The number of hydrogen-bond acceptors (Lipinski definition) is 4. The van der Waals surface area contributed by atoms with Gasteiger partial charge in [0.15, 0.2) is 0 Å². The van der Waals surface area contributed by atoms with Gasteiger partial charge in [-0.25, -0.2) is 4.79 Å². The van der Waals surface area contributed by atoms with Crippen LogP contribution in [0.1, 0.15) is 26.2 Å². The van der Waals surface area contributed by atoms with E-state index >= 15 is 0 Å². The maximum Gasteiger partial charge on any atom is 0.326 e. The zero-order chi connectivity index (χ0) is 17.1. The molecule has 7 heteroatoms. The molecule has 23 heavy (non-hydrogen) atoms. The average molecular weight is 338 g/mol. The molecule has 0 saturated carbocycles. The van der Waals surface area contributed by atoms with Crippen LogP contribution in [0.3, 0.4) is 0 Å². The monoisotopic (exact) mass is 338 g/mol. The largest absolute Gasteiger partial charge is 0.480 e. The van der Waals surface area contributed by atoms with Crippen molar-refractivity contribution in [2.75, 3.05) is 16.8 Å². The summed E-state index contributed by atoms with van der Waals surface area (Å²) in [5, 5.41) is 14.2. The number of thioether (sulfide) groups is 1. The van der Waals surface area contributed by atoms with Crippen LogP contribution in [0.2, 0.25) is 0 Å². The smallest absolute Gasteiger partial charge is 0.326 e. The highest BCUT2D eigenvalue weighted by molar-refractivity contribution is 8.00. The lowest BCUT2D eigenvalue weighted by Crippen LogP contribution is -2.41. The fraction of sp³-hybridized carbons (Fsp3) is 0.438. The Balaban J connectivity index is 2.27. The first-order chi connectivity index (χ1) is 11.0. The second kappa shape index (κ2) is 10.7. The van der Waals surface area contributed by atoms with E-state index in [1.165, 1.54) is 0 Å². The first kappa shape index (κ1) is 19.0. The highest BCUT2D eigenvalue weighted by Crippen LogP contribution is 2.07. The van der Waals surface area contributed by atoms with Gasteiger partial charge in [-0.3, -0.25) is 9.59 Å². The van der Waals surface area contributed by atoms with E-state index in [9.17, 15) is 14.4 Å². The summed E-state index contributed by atoms with van der Waals surface area (Å²) in [5.74, 6) is -1.41. The molecule has 3 N–H and O–H groups in total. The number of benzene rings is 1. The Morgan fingerprint density at radius 1 is 1.13 bits per heavy atom. The molecular weight excluding hydrogens is 316 g/mol. The molecule has 0 aliphatic heterocycles. The van der Waals surface area contributed by atoms with Crippen molar-refractivity contribution in [3.8, 4) is 0 Å². The predicted molar refractivity (Wildman–Crippen MR) is 91.5 cm³/mol. The highest BCUT2D eigenvalue weighted by Gasteiger charge is 2.19. The van der Waals surface area contributed by atoms with E-state index in [0.717, 1.165) is 24.6 Å². The van der Waals surface area contributed by atoms with Crippen LogP contribution in [0.15, 0.2) is 30.3 Å². The molecule has 0 fully saturated rings. The normalized spacial score (nSPS) is 11.5. The summed E-state index contributed by atoms with van der Waals surface area (Å²) in [7, 11) is 0. The van der Waals surface area contributed by atoms with Crippen molar-refractivity contribution in [1.29, 1.82) is 0 Å². The number of amides is 2. The van der Waals surface area contributed by atoms with Crippen LogP contribution < -0.4 is 10.6 Å². The van der Waals surface area contributed by atoms with Gasteiger partial charge >= 0.3 is 5.97 Å². The van der Waals surface area contributed by atoms with Crippen LogP contribution in [0.4, 0.5) is 5.69 Å². The van der Waals surface area contributed by atoms with Gasteiger partial charge in [0, 0.05) is 5.69 Å². The zero-order valence-electron chi connectivity index (χ0n) is 13.1. The van der Waals surface area contributed by atoms with E-state index in [2.05, 4.69) is 10.6 Å². The van der Waals surface area contributed by atoms with Crippen molar-refractivity contribution < 1.29 is 19.5 Å². The molecule has 1 rings (SSSR count). The Labute approximate surface area is 140 Å². The number of carbonyl (C=O) groups excluding carboxylic acids is 2. The van der Waals surface area contributed by atoms with Gasteiger partial charge in [-0.1, -0.05) is 38.0 Å². The molecule has 0 bridgehead atoms. The SMILES string of the molecule is CCCCC(NC(=O)CSCC(=O)Nc1ccccc1)C(=O)O. The van der Waals surface area contributed by atoms with Gasteiger partial charge in [0.05, 0.1) is 11.5 Å². The van der Waals surface area contributed by atoms with Gasteiger partial charge in [0.25, 0.3) is 0 Å². The lowest BCUT2D eigenvalue weighted by molar-refractivity contribution is -0.141. The molecule has 2 amide bonds. The number of carbonyl (C=O) groups is 3. The number of hydrogen-bond donors (Lipinski definition) is 3. The molecule has 0 aliphatic carbocycles. The number of aliphatic carboxylic acids is 1. The summed E-state index contributed by atoms with van der Waals surface area (Å²) in [4.78, 5) is 34.5. The molecule has 1 unspecified atom stereocenters. The summed E-state index contributed by atoms with van der Waals surface area (Å²) < 4.78 is 0. The lowest BCUT2D eigenvalue weighted by atomic mass is 10.1. The lowest BCUT2D eigenvalue weighted by Gasteiger charge is -2.13. The third-order valence-electron chi connectivity index (χ3n) is 3.00. The Hall–Kier alpha value is -2.02. The van der Waals surface area contributed by atoms with Crippen molar-refractivity contribution in [3.63, 3.8) is 0 Å². The molecule has 0 aliphatic rings. The zero-order valence-corrected chi connectivity index (χ0v) is 13.9. The first-order valence-corrected chi connectivity index (χ1v) is 8.63. The van der Waals surface area contributed by atoms with Gasteiger partial charge < -0.3 is 15.7 Å². The number of rotatable bonds is 10. The van der Waals surface area contributed by atoms with Gasteiger partial charge in [0.2, 0.25) is 11.8 Å². The van der Waals surface area contributed by atoms with Gasteiger partial charge in [-0.15, -0.1) is 11.8 Å². The summed E-state index contributed by atoms with van der Waals surface area (Å²) >= 11 is 1.15. The van der Waals surface area contributed by atoms with Crippen LogP contribution in [-0.2, 0) is 14.4 Å². The molecule has 0 saturated heterocycles. The van der Waals surface area contributed by atoms with Crippen LogP contribution in [0.25, 0.3) is 0 Å². The van der Waals surface area contributed by atoms with E-state index in [-0.39, 0.29) is 23.3 Å². The Bertz CT molecular complexity index is 522. The van der Waals surface area contributed by atoms with Crippen molar-refractivity contribution in [3.05, 3.63) is 30.3 Å². The van der Waals surface area contributed by atoms with Crippen LogP contribution in [-0.4, -0.2) is 40.4 Å². The second-order valence-electron chi connectivity index (χ2n) is 5.01. The molecule has 0 heterocycles. The molecule has 1 aromatic carbocycles. The number of nitrogens with one attached hydrogen (secondary N) is 2. The van der Waals surface area contributed by atoms with Crippen LogP contribution in [0, 0.1) is 0 Å². The summed E-state index contributed by atoms with van der Waals surface area (Å²) in [6, 6.07) is 8.19. The van der Waals surface area contributed by atoms with E-state index in [0.29, 0.717) is 12.1 Å². The van der Waals surface area contributed by atoms with Gasteiger partial charge in [-0.2, -0.15) is 0 Å². The summed E-state index contributed by atoms with van der Waals surface area (Å²) in [6.45, 7) is 1.96. The van der Waals surface area contributed by atoms with Crippen LogP contribution in [0.5, 0.6) is 0 Å². The molecule has 1 atom stereocenters. The average Bonchev–Trinajstić information content (AvgIpc) is 2.52. The fourth-order valence-electron chi connectivity index (χ4n) is 1.86. The third-order valence-corrected chi connectivity index (χ3v) is 3.94. The molecule has 1 aromatic rings. The maximum atomic E-state index is 11.7. The molecular formula is C16H22N2O4S.